The third-order valence-corrected chi connectivity index (χ3v) is 4.31. The average molecular weight is 330 g/mol. The molecule has 1 N–H and O–H groups in total. The zero-order valence-corrected chi connectivity index (χ0v) is 12.2. The molecular weight excluding hydrogens is 313 g/mol. The lowest BCUT2D eigenvalue weighted by molar-refractivity contribution is -0.139. The minimum Gasteiger partial charge on any atom is -0.480 e. The van der Waals surface area contributed by atoms with Gasteiger partial charge in [-0.15, -0.1) is 0 Å². The molecule has 2 rings (SSSR count). The van der Waals surface area contributed by atoms with Crippen molar-refractivity contribution in [3.8, 4) is 0 Å². The normalized spacial score (nSPS) is 16.2. The molecule has 0 heterocycles. The largest absolute Gasteiger partial charge is 0.480 e. The predicted octanol–water partition coefficient (Wildman–Crippen LogP) is 3.42. The first kappa shape index (κ1) is 14.5. The minimum absolute atomic E-state index is 0.0362. The van der Waals surface area contributed by atoms with E-state index < -0.39 is 5.97 Å². The van der Waals surface area contributed by atoms with Gasteiger partial charge in [0.25, 0.3) is 0 Å². The van der Waals surface area contributed by atoms with Crippen molar-refractivity contribution < 1.29 is 14.3 Å². The molecule has 1 aliphatic rings. The SMILES string of the molecule is O=C(O)CN(Cc1ccc(F)cc1Br)C1CCCC1. The summed E-state index contributed by atoms with van der Waals surface area (Å²) in [5.74, 6) is -1.11. The molecule has 104 valence electrons. The summed E-state index contributed by atoms with van der Waals surface area (Å²) in [5, 5.41) is 9.02. The van der Waals surface area contributed by atoms with Gasteiger partial charge in [-0.2, -0.15) is 0 Å². The van der Waals surface area contributed by atoms with Crippen LogP contribution in [-0.2, 0) is 11.3 Å². The van der Waals surface area contributed by atoms with Crippen LogP contribution in [0.2, 0.25) is 0 Å². The van der Waals surface area contributed by atoms with E-state index in [9.17, 15) is 9.18 Å². The van der Waals surface area contributed by atoms with Crippen LogP contribution in [0.25, 0.3) is 0 Å². The second kappa shape index (κ2) is 6.48. The third-order valence-electron chi connectivity index (χ3n) is 3.57. The van der Waals surface area contributed by atoms with Crippen LogP contribution in [0.1, 0.15) is 31.2 Å². The number of halogens is 2. The lowest BCUT2D eigenvalue weighted by Crippen LogP contribution is -2.37. The van der Waals surface area contributed by atoms with Crippen LogP contribution in [0, 0.1) is 5.82 Å². The summed E-state index contributed by atoms with van der Waals surface area (Å²) in [7, 11) is 0. The van der Waals surface area contributed by atoms with Gasteiger partial charge in [-0.1, -0.05) is 34.8 Å². The first-order chi connectivity index (χ1) is 9.06. The molecule has 0 aliphatic heterocycles. The zero-order valence-electron chi connectivity index (χ0n) is 10.6. The number of hydrogen-bond donors (Lipinski definition) is 1. The molecule has 0 radical (unpaired) electrons. The van der Waals surface area contributed by atoms with Crippen molar-refractivity contribution in [2.45, 2.75) is 38.3 Å². The van der Waals surface area contributed by atoms with E-state index in [1.54, 1.807) is 6.07 Å². The Morgan fingerprint density at radius 3 is 2.68 bits per heavy atom. The van der Waals surface area contributed by atoms with E-state index in [1.165, 1.54) is 12.1 Å². The van der Waals surface area contributed by atoms with Crippen molar-refractivity contribution in [1.82, 2.24) is 4.90 Å². The van der Waals surface area contributed by atoms with Gasteiger partial charge >= 0.3 is 5.97 Å². The topological polar surface area (TPSA) is 40.5 Å². The monoisotopic (exact) mass is 329 g/mol. The van der Waals surface area contributed by atoms with E-state index in [4.69, 9.17) is 5.11 Å². The number of aliphatic carboxylic acids is 1. The molecule has 5 heteroatoms. The average Bonchev–Trinajstić information content (AvgIpc) is 2.84. The first-order valence-corrected chi connectivity index (χ1v) is 7.25. The third kappa shape index (κ3) is 4.01. The molecule has 1 aromatic rings. The van der Waals surface area contributed by atoms with Crippen molar-refractivity contribution in [3.05, 3.63) is 34.1 Å². The number of nitrogens with zero attached hydrogens (tertiary/aromatic N) is 1. The Bertz CT molecular complexity index is 461. The molecule has 1 aliphatic carbocycles. The molecule has 19 heavy (non-hydrogen) atoms. The maximum Gasteiger partial charge on any atom is 0.317 e. The second-order valence-corrected chi connectivity index (χ2v) is 5.83. The second-order valence-electron chi connectivity index (χ2n) is 4.97. The standard InChI is InChI=1S/C14H17BrFNO2/c15-13-7-11(16)6-5-10(13)8-17(9-14(18)19)12-3-1-2-4-12/h5-7,12H,1-4,8-9H2,(H,18,19). The highest BCUT2D eigenvalue weighted by molar-refractivity contribution is 9.10. The minimum atomic E-state index is -0.815. The van der Waals surface area contributed by atoms with Crippen molar-refractivity contribution in [3.63, 3.8) is 0 Å². The molecule has 1 saturated carbocycles. The molecule has 1 fully saturated rings. The molecule has 0 unspecified atom stereocenters. The van der Waals surface area contributed by atoms with E-state index in [0.29, 0.717) is 17.1 Å². The molecular formula is C14H17BrFNO2. The number of benzene rings is 1. The number of carboxylic acid groups (broad SMARTS) is 1. The van der Waals surface area contributed by atoms with Crippen LogP contribution in [0.15, 0.2) is 22.7 Å². The predicted molar refractivity (Wildman–Crippen MR) is 74.4 cm³/mol. The highest BCUT2D eigenvalue weighted by Crippen LogP contribution is 2.27. The smallest absolute Gasteiger partial charge is 0.317 e. The maximum absolute atomic E-state index is 13.1. The Balaban J connectivity index is 2.12. The highest BCUT2D eigenvalue weighted by Gasteiger charge is 2.24. The van der Waals surface area contributed by atoms with Gasteiger partial charge in [0.2, 0.25) is 0 Å². The van der Waals surface area contributed by atoms with Crippen molar-refractivity contribution in [2.24, 2.45) is 0 Å². The molecule has 0 atom stereocenters. The van der Waals surface area contributed by atoms with Crippen LogP contribution >= 0.6 is 15.9 Å². The van der Waals surface area contributed by atoms with E-state index in [-0.39, 0.29) is 12.4 Å². The molecule has 0 amide bonds. The van der Waals surface area contributed by atoms with Crippen LogP contribution in [0.5, 0.6) is 0 Å². The Hall–Kier alpha value is -0.940. The van der Waals surface area contributed by atoms with Gasteiger partial charge in [0.1, 0.15) is 5.82 Å². The molecule has 1 aromatic carbocycles. The van der Waals surface area contributed by atoms with Gasteiger partial charge in [-0.05, 0) is 30.5 Å². The Morgan fingerprint density at radius 1 is 1.42 bits per heavy atom. The molecule has 0 spiro atoms. The Kier molecular flexibility index (Phi) is 4.93. The first-order valence-electron chi connectivity index (χ1n) is 6.46. The van der Waals surface area contributed by atoms with Crippen LogP contribution in [-0.4, -0.2) is 28.6 Å². The summed E-state index contributed by atoms with van der Waals surface area (Å²) in [6, 6.07) is 4.87. The lowest BCUT2D eigenvalue weighted by atomic mass is 10.1. The van der Waals surface area contributed by atoms with Crippen molar-refractivity contribution in [1.29, 1.82) is 0 Å². The van der Waals surface area contributed by atoms with E-state index in [0.717, 1.165) is 31.2 Å². The van der Waals surface area contributed by atoms with Crippen molar-refractivity contribution in [2.75, 3.05) is 6.54 Å². The van der Waals surface area contributed by atoms with Gasteiger partial charge in [0, 0.05) is 17.1 Å². The van der Waals surface area contributed by atoms with Gasteiger partial charge < -0.3 is 5.11 Å². The van der Waals surface area contributed by atoms with Crippen molar-refractivity contribution >= 4 is 21.9 Å². The number of hydrogen-bond acceptors (Lipinski definition) is 2. The number of rotatable bonds is 5. The van der Waals surface area contributed by atoms with Crippen LogP contribution in [0.4, 0.5) is 4.39 Å². The lowest BCUT2D eigenvalue weighted by Gasteiger charge is -2.27. The maximum atomic E-state index is 13.1. The highest BCUT2D eigenvalue weighted by atomic mass is 79.9. The molecule has 0 saturated heterocycles. The van der Waals surface area contributed by atoms with Crippen LogP contribution < -0.4 is 0 Å². The fourth-order valence-electron chi connectivity index (χ4n) is 2.63. The van der Waals surface area contributed by atoms with E-state index in [2.05, 4.69) is 15.9 Å². The summed E-state index contributed by atoms with van der Waals surface area (Å²) in [5.41, 5.74) is 0.926. The molecule has 3 nitrogen and oxygen atoms in total. The van der Waals surface area contributed by atoms with Gasteiger partial charge in [0.15, 0.2) is 0 Å². The zero-order chi connectivity index (χ0) is 13.8. The van der Waals surface area contributed by atoms with E-state index >= 15 is 0 Å². The van der Waals surface area contributed by atoms with Gasteiger partial charge in [-0.25, -0.2) is 4.39 Å². The summed E-state index contributed by atoms with van der Waals surface area (Å²) in [6.45, 7) is 0.576. The van der Waals surface area contributed by atoms with Gasteiger partial charge in [-0.3, -0.25) is 9.69 Å². The fraction of sp³-hybridized carbons (Fsp3) is 0.500. The Labute approximate surface area is 120 Å². The molecule has 0 bridgehead atoms. The summed E-state index contributed by atoms with van der Waals surface area (Å²) in [6.07, 6.45) is 4.41. The van der Waals surface area contributed by atoms with Gasteiger partial charge in [0.05, 0.1) is 6.54 Å². The summed E-state index contributed by atoms with van der Waals surface area (Å²) < 4.78 is 13.8. The summed E-state index contributed by atoms with van der Waals surface area (Å²) >= 11 is 3.34. The number of carboxylic acids is 1. The van der Waals surface area contributed by atoms with Crippen LogP contribution in [0.3, 0.4) is 0 Å². The Morgan fingerprint density at radius 2 is 2.11 bits per heavy atom. The fourth-order valence-corrected chi connectivity index (χ4v) is 3.10. The molecule has 0 aromatic heterocycles. The quantitative estimate of drug-likeness (QED) is 0.899. The number of carbonyl (C=O) groups is 1. The summed E-state index contributed by atoms with van der Waals surface area (Å²) in [4.78, 5) is 13.0. The van der Waals surface area contributed by atoms with E-state index in [1.807, 2.05) is 4.90 Å².